The van der Waals surface area contributed by atoms with Crippen LogP contribution in [0.5, 0.6) is 0 Å². The Labute approximate surface area is 94.1 Å². The number of primary amides is 1. The van der Waals surface area contributed by atoms with Crippen molar-refractivity contribution < 1.29 is 21.6 Å². The Bertz CT molecular complexity index is 412. The summed E-state index contributed by atoms with van der Waals surface area (Å²) in [7, 11) is -0.479. The third kappa shape index (κ3) is 2.45. The number of nitrogens with two attached hydrogens (primary N) is 1. The largest absolute Gasteiger partial charge is 0.506 e. The number of hydrogen-bond donors (Lipinski definition) is 1. The van der Waals surface area contributed by atoms with Crippen molar-refractivity contribution in [2.24, 2.45) is 5.73 Å². The van der Waals surface area contributed by atoms with Crippen molar-refractivity contribution in [1.82, 2.24) is 4.90 Å². The molecular formula is C8H14N2O5S. The van der Waals surface area contributed by atoms with E-state index in [0.717, 1.165) is 0 Å². The zero-order valence-electron chi connectivity index (χ0n) is 9.26. The molecule has 1 rings (SSSR count). The standard InChI is InChI=1S/C8H14N2O5S/c1-4-5(10(2)3)6(7(9)11)8-14-16(12,13)15-8/h5H,4H2,1-3H3,(H2,9,11). The maximum absolute atomic E-state index is 11.2. The zero-order valence-corrected chi connectivity index (χ0v) is 10.1. The summed E-state index contributed by atoms with van der Waals surface area (Å²) in [4.78, 5) is 13.0. The minimum Gasteiger partial charge on any atom is -0.366 e. The van der Waals surface area contributed by atoms with Crippen LogP contribution in [0, 0.1) is 0 Å². The number of carbonyl (C=O) groups is 1. The van der Waals surface area contributed by atoms with Gasteiger partial charge < -0.3 is 19.0 Å². The Hall–Kier alpha value is -1.28. The van der Waals surface area contributed by atoms with Crippen LogP contribution in [-0.2, 0) is 23.6 Å². The predicted octanol–water partition coefficient (Wildman–Crippen LogP) is -0.685. The molecule has 1 amide bonds. The van der Waals surface area contributed by atoms with E-state index in [1.807, 2.05) is 6.92 Å². The summed E-state index contributed by atoms with van der Waals surface area (Å²) >= 11 is 0. The molecule has 0 aliphatic carbocycles. The van der Waals surface area contributed by atoms with Gasteiger partial charge in [0.15, 0.2) is 0 Å². The van der Waals surface area contributed by atoms with Crippen LogP contribution in [0.25, 0.3) is 0 Å². The molecule has 1 saturated heterocycles. The number of carbonyl (C=O) groups excluding carboxylic acids is 1. The van der Waals surface area contributed by atoms with Crippen LogP contribution in [0.3, 0.4) is 0 Å². The first kappa shape index (κ1) is 12.8. The minimum absolute atomic E-state index is 0.0299. The van der Waals surface area contributed by atoms with E-state index < -0.39 is 16.3 Å². The Morgan fingerprint density at radius 3 is 2.19 bits per heavy atom. The molecule has 1 fully saturated rings. The predicted molar refractivity (Wildman–Crippen MR) is 55.1 cm³/mol. The fraction of sp³-hybridized carbons (Fsp3) is 0.625. The highest BCUT2D eigenvalue weighted by Gasteiger charge is 2.39. The molecule has 1 atom stereocenters. The molecule has 2 N–H and O–H groups in total. The summed E-state index contributed by atoms with van der Waals surface area (Å²) in [5, 5.41) is 0. The first-order chi connectivity index (χ1) is 7.28. The molecular weight excluding hydrogens is 236 g/mol. The fourth-order valence-electron chi connectivity index (χ4n) is 1.51. The zero-order chi connectivity index (χ0) is 12.5. The van der Waals surface area contributed by atoms with Crippen LogP contribution in [0.15, 0.2) is 11.5 Å². The molecule has 7 nitrogen and oxygen atoms in total. The maximum Gasteiger partial charge on any atom is 0.506 e. The van der Waals surface area contributed by atoms with Crippen LogP contribution >= 0.6 is 0 Å². The molecule has 1 aliphatic rings. The molecule has 0 bridgehead atoms. The summed E-state index contributed by atoms with van der Waals surface area (Å²) in [5.41, 5.74) is 5.20. The molecule has 0 aromatic rings. The molecule has 1 unspecified atom stereocenters. The van der Waals surface area contributed by atoms with E-state index in [-0.39, 0.29) is 17.6 Å². The highest BCUT2D eigenvalue weighted by atomic mass is 32.3. The monoisotopic (exact) mass is 250 g/mol. The van der Waals surface area contributed by atoms with Gasteiger partial charge in [-0.3, -0.25) is 4.79 Å². The van der Waals surface area contributed by atoms with Crippen molar-refractivity contribution in [3.8, 4) is 0 Å². The SMILES string of the molecule is CCC(C(C(N)=O)=C1OS(=O)(=O)O1)N(C)C. The van der Waals surface area contributed by atoms with Gasteiger partial charge in [-0.2, -0.15) is 0 Å². The van der Waals surface area contributed by atoms with E-state index in [0.29, 0.717) is 6.42 Å². The van der Waals surface area contributed by atoms with Crippen molar-refractivity contribution in [2.45, 2.75) is 19.4 Å². The third-order valence-electron chi connectivity index (χ3n) is 2.18. The van der Waals surface area contributed by atoms with Crippen molar-refractivity contribution in [3.05, 3.63) is 11.5 Å². The van der Waals surface area contributed by atoms with E-state index in [1.54, 1.807) is 19.0 Å². The van der Waals surface area contributed by atoms with Gasteiger partial charge in [-0.15, -0.1) is 8.42 Å². The van der Waals surface area contributed by atoms with Crippen LogP contribution in [-0.4, -0.2) is 39.4 Å². The molecule has 0 aromatic carbocycles. The molecule has 1 aliphatic heterocycles. The number of likely N-dealkylation sites (N-methyl/N-ethyl adjacent to an activating group) is 1. The molecule has 0 saturated carbocycles. The topological polar surface area (TPSA) is 98.9 Å². The van der Waals surface area contributed by atoms with Gasteiger partial charge in [-0.1, -0.05) is 6.92 Å². The van der Waals surface area contributed by atoms with Crippen LogP contribution in [0.1, 0.15) is 13.3 Å². The van der Waals surface area contributed by atoms with Gasteiger partial charge in [0.05, 0.1) is 0 Å². The van der Waals surface area contributed by atoms with Crippen LogP contribution in [0.2, 0.25) is 0 Å². The summed E-state index contributed by atoms with van der Waals surface area (Å²) in [5.74, 6) is -1.08. The van der Waals surface area contributed by atoms with Gasteiger partial charge >= 0.3 is 16.3 Å². The summed E-state index contributed by atoms with van der Waals surface area (Å²) in [6.45, 7) is 1.83. The van der Waals surface area contributed by atoms with E-state index in [4.69, 9.17) is 5.73 Å². The lowest BCUT2D eigenvalue weighted by molar-refractivity contribution is -0.115. The lowest BCUT2D eigenvalue weighted by Gasteiger charge is -2.27. The van der Waals surface area contributed by atoms with Crippen molar-refractivity contribution >= 4 is 16.3 Å². The molecule has 0 aromatic heterocycles. The first-order valence-corrected chi connectivity index (χ1v) is 5.96. The van der Waals surface area contributed by atoms with E-state index in [9.17, 15) is 13.2 Å². The average molecular weight is 250 g/mol. The van der Waals surface area contributed by atoms with Crippen molar-refractivity contribution in [1.29, 1.82) is 0 Å². The Morgan fingerprint density at radius 1 is 1.44 bits per heavy atom. The second kappa shape index (κ2) is 4.30. The first-order valence-electron chi connectivity index (χ1n) is 4.62. The van der Waals surface area contributed by atoms with Gasteiger partial charge in [0, 0.05) is 6.04 Å². The number of nitrogens with zero attached hydrogens (tertiary/aromatic N) is 1. The van der Waals surface area contributed by atoms with Gasteiger partial charge in [0.25, 0.3) is 5.91 Å². The molecule has 0 radical (unpaired) electrons. The average Bonchev–Trinajstić information content (AvgIpc) is 2.08. The van der Waals surface area contributed by atoms with E-state index in [2.05, 4.69) is 8.37 Å². The molecule has 16 heavy (non-hydrogen) atoms. The second-order valence-corrected chi connectivity index (χ2v) is 4.68. The number of hydrogen-bond acceptors (Lipinski definition) is 6. The molecule has 92 valence electrons. The number of rotatable bonds is 4. The van der Waals surface area contributed by atoms with Crippen molar-refractivity contribution in [2.75, 3.05) is 14.1 Å². The third-order valence-corrected chi connectivity index (χ3v) is 2.90. The normalized spacial score (nSPS) is 19.4. The van der Waals surface area contributed by atoms with E-state index in [1.165, 1.54) is 0 Å². The lowest BCUT2D eigenvalue weighted by Crippen LogP contribution is -2.39. The highest BCUT2D eigenvalue weighted by molar-refractivity contribution is 7.83. The summed E-state index contributed by atoms with van der Waals surface area (Å²) < 4.78 is 30.1. The molecule has 0 spiro atoms. The van der Waals surface area contributed by atoms with Crippen molar-refractivity contribution in [3.63, 3.8) is 0 Å². The Kier molecular flexibility index (Phi) is 3.44. The van der Waals surface area contributed by atoms with Gasteiger partial charge in [0.1, 0.15) is 5.57 Å². The smallest absolute Gasteiger partial charge is 0.366 e. The maximum atomic E-state index is 11.2. The van der Waals surface area contributed by atoms with Crippen LogP contribution in [0.4, 0.5) is 0 Å². The van der Waals surface area contributed by atoms with Gasteiger partial charge in [0.2, 0.25) is 0 Å². The highest BCUT2D eigenvalue weighted by Crippen LogP contribution is 2.28. The quantitative estimate of drug-likeness (QED) is 0.663. The van der Waals surface area contributed by atoms with Gasteiger partial charge in [-0.05, 0) is 20.5 Å². The van der Waals surface area contributed by atoms with Crippen LogP contribution < -0.4 is 5.73 Å². The second-order valence-electron chi connectivity index (χ2n) is 3.53. The number of amides is 1. The molecule has 1 heterocycles. The minimum atomic E-state index is -3.96. The lowest BCUT2D eigenvalue weighted by atomic mass is 10.0. The van der Waals surface area contributed by atoms with E-state index >= 15 is 0 Å². The Morgan fingerprint density at radius 2 is 1.94 bits per heavy atom. The Balaban J connectivity index is 3.06. The molecule has 8 heteroatoms. The summed E-state index contributed by atoms with van der Waals surface area (Å²) in [6.07, 6.45) is 0.571. The summed E-state index contributed by atoms with van der Waals surface area (Å²) in [6, 6.07) is -0.344. The van der Waals surface area contributed by atoms with Gasteiger partial charge in [-0.25, -0.2) is 0 Å². The fourth-order valence-corrected chi connectivity index (χ4v) is 2.07.